The summed E-state index contributed by atoms with van der Waals surface area (Å²) in [5.74, 6) is -0.0114. The monoisotopic (exact) mass is 346 g/mol. The maximum absolute atomic E-state index is 12.2. The predicted molar refractivity (Wildman–Crippen MR) is 107 cm³/mol. The van der Waals surface area contributed by atoms with Crippen LogP contribution in [0.15, 0.2) is 59.7 Å². The fraction of sp³-hybridized carbons (Fsp3) is 0.273. The van der Waals surface area contributed by atoms with E-state index < -0.39 is 0 Å². The molecule has 1 fully saturated rings. The summed E-state index contributed by atoms with van der Waals surface area (Å²) >= 11 is 0. The van der Waals surface area contributed by atoms with E-state index in [1.54, 1.807) is 6.21 Å². The summed E-state index contributed by atoms with van der Waals surface area (Å²) in [6.07, 6.45) is 5.51. The Balaban J connectivity index is 1.57. The van der Waals surface area contributed by atoms with Crippen molar-refractivity contribution in [2.24, 2.45) is 5.10 Å². The summed E-state index contributed by atoms with van der Waals surface area (Å²) in [5, 5.41) is 8.91. The van der Waals surface area contributed by atoms with Gasteiger partial charge in [0.05, 0.1) is 19.3 Å². The highest BCUT2D eigenvalue weighted by Gasteiger charge is 2.16. The molecule has 0 radical (unpaired) electrons. The van der Waals surface area contributed by atoms with Crippen molar-refractivity contribution in [3.63, 3.8) is 0 Å². The Kier molecular flexibility index (Phi) is 4.93. The number of amides is 1. The summed E-state index contributed by atoms with van der Waals surface area (Å²) < 4.78 is 0. The van der Waals surface area contributed by atoms with Crippen LogP contribution in [-0.4, -0.2) is 31.8 Å². The highest BCUT2D eigenvalue weighted by molar-refractivity contribution is 6.13. The average molecular weight is 346 g/mol. The molecular weight excluding hydrogens is 322 g/mol. The van der Waals surface area contributed by atoms with E-state index >= 15 is 0 Å². The van der Waals surface area contributed by atoms with Gasteiger partial charge in [0.25, 0.3) is 5.91 Å². The van der Waals surface area contributed by atoms with Crippen LogP contribution in [0.5, 0.6) is 0 Å². The molecule has 3 aromatic carbocycles. The van der Waals surface area contributed by atoms with Gasteiger partial charge in [-0.1, -0.05) is 48.5 Å². The number of likely N-dealkylation sites (tertiary alicyclic amines) is 1. The molecule has 0 bridgehead atoms. The van der Waals surface area contributed by atoms with Gasteiger partial charge in [0.1, 0.15) is 0 Å². The van der Waals surface area contributed by atoms with E-state index in [1.165, 1.54) is 34.9 Å². The number of fused-ring (bicyclic) bond motifs is 2. The minimum Gasteiger partial charge on any atom is -0.327 e. The highest BCUT2D eigenvalue weighted by atomic mass is 16.2. The van der Waals surface area contributed by atoms with Gasteiger partial charge in [-0.2, -0.15) is 5.10 Å². The molecule has 0 aliphatic carbocycles. The predicted octanol–water partition coefficient (Wildman–Crippen LogP) is 2.51. The Morgan fingerprint density at radius 2 is 1.58 bits per heavy atom. The van der Waals surface area contributed by atoms with Gasteiger partial charge >= 0.3 is 0 Å². The van der Waals surface area contributed by atoms with Crippen molar-refractivity contribution in [1.29, 1.82) is 0 Å². The highest BCUT2D eigenvalue weighted by Crippen LogP contribution is 2.27. The fourth-order valence-electron chi connectivity index (χ4n) is 3.85. The normalized spacial score (nSPS) is 15.7. The molecular formula is C22H24N3O+. The van der Waals surface area contributed by atoms with Gasteiger partial charge in [0.2, 0.25) is 0 Å². The molecule has 4 rings (SSSR count). The molecule has 1 aliphatic heterocycles. The first-order valence-corrected chi connectivity index (χ1v) is 9.37. The summed E-state index contributed by atoms with van der Waals surface area (Å²) in [6.45, 7) is 2.68. The largest absolute Gasteiger partial charge is 0.327 e. The maximum Gasteiger partial charge on any atom is 0.295 e. The molecule has 3 aromatic rings. The molecule has 4 heteroatoms. The van der Waals surface area contributed by atoms with Crippen molar-refractivity contribution in [3.8, 4) is 0 Å². The lowest BCUT2D eigenvalue weighted by Gasteiger charge is -2.22. The zero-order valence-corrected chi connectivity index (χ0v) is 14.9. The number of hydrogen-bond acceptors (Lipinski definition) is 2. The van der Waals surface area contributed by atoms with Crippen LogP contribution in [0.1, 0.15) is 24.8 Å². The summed E-state index contributed by atoms with van der Waals surface area (Å²) in [5.41, 5.74) is 3.76. The van der Waals surface area contributed by atoms with Crippen LogP contribution in [0.4, 0.5) is 0 Å². The van der Waals surface area contributed by atoms with Crippen LogP contribution in [0.3, 0.4) is 0 Å². The van der Waals surface area contributed by atoms with E-state index in [9.17, 15) is 4.79 Å². The van der Waals surface area contributed by atoms with Crippen molar-refractivity contribution in [3.05, 3.63) is 60.2 Å². The summed E-state index contributed by atoms with van der Waals surface area (Å²) in [6, 6.07) is 18.8. The van der Waals surface area contributed by atoms with Crippen molar-refractivity contribution >= 4 is 33.7 Å². The number of rotatable bonds is 4. The fourth-order valence-corrected chi connectivity index (χ4v) is 3.85. The molecule has 132 valence electrons. The van der Waals surface area contributed by atoms with Crippen molar-refractivity contribution in [1.82, 2.24) is 5.43 Å². The Morgan fingerprint density at radius 1 is 0.962 bits per heavy atom. The Bertz CT molecular complexity index is 904. The molecule has 1 amide bonds. The molecule has 0 spiro atoms. The minimum atomic E-state index is -0.0114. The van der Waals surface area contributed by atoms with Crippen LogP contribution >= 0.6 is 0 Å². The van der Waals surface area contributed by atoms with Gasteiger partial charge in [0, 0.05) is 5.56 Å². The van der Waals surface area contributed by atoms with Crippen molar-refractivity contribution in [2.75, 3.05) is 19.6 Å². The smallest absolute Gasteiger partial charge is 0.295 e. The second-order valence-corrected chi connectivity index (χ2v) is 7.01. The first-order chi connectivity index (χ1) is 12.8. The van der Waals surface area contributed by atoms with Crippen LogP contribution in [0, 0.1) is 0 Å². The van der Waals surface area contributed by atoms with Crippen LogP contribution in [0.25, 0.3) is 21.5 Å². The lowest BCUT2D eigenvalue weighted by atomic mass is 9.97. The molecule has 2 N–H and O–H groups in total. The van der Waals surface area contributed by atoms with Crippen LogP contribution in [0.2, 0.25) is 0 Å². The maximum atomic E-state index is 12.2. The third kappa shape index (κ3) is 3.60. The second kappa shape index (κ2) is 7.67. The molecule has 26 heavy (non-hydrogen) atoms. The average Bonchev–Trinajstić information content (AvgIpc) is 2.68. The number of piperidine rings is 1. The van der Waals surface area contributed by atoms with Gasteiger partial charge in [-0.05, 0) is 46.9 Å². The van der Waals surface area contributed by atoms with Crippen LogP contribution in [-0.2, 0) is 4.79 Å². The first kappa shape index (κ1) is 16.7. The number of hydrogen-bond donors (Lipinski definition) is 2. The third-order valence-electron chi connectivity index (χ3n) is 5.17. The van der Waals surface area contributed by atoms with Gasteiger partial charge in [0.15, 0.2) is 6.54 Å². The van der Waals surface area contributed by atoms with E-state index in [4.69, 9.17) is 0 Å². The number of carbonyl (C=O) groups excluding carboxylic acids is 1. The SMILES string of the molecule is O=C(C[NH+]1CCCCC1)N/N=C\c1c2ccccc2cc2ccccc12. The zero-order valence-electron chi connectivity index (χ0n) is 14.9. The molecule has 1 saturated heterocycles. The van der Waals surface area contributed by atoms with Crippen LogP contribution < -0.4 is 10.3 Å². The number of hydrazone groups is 1. The summed E-state index contributed by atoms with van der Waals surface area (Å²) in [4.78, 5) is 13.5. The van der Waals surface area contributed by atoms with Gasteiger partial charge in [-0.15, -0.1) is 0 Å². The Labute approximate surface area is 153 Å². The molecule has 0 atom stereocenters. The van der Waals surface area contributed by atoms with E-state index in [1.807, 2.05) is 24.3 Å². The number of benzene rings is 3. The molecule has 0 saturated carbocycles. The number of nitrogens with zero attached hydrogens (tertiary/aromatic N) is 1. The number of quaternary nitrogens is 1. The van der Waals surface area contributed by atoms with Gasteiger partial charge in [-0.3, -0.25) is 4.79 Å². The molecule has 0 unspecified atom stereocenters. The van der Waals surface area contributed by atoms with E-state index in [0.717, 1.165) is 29.4 Å². The van der Waals surface area contributed by atoms with Gasteiger partial charge < -0.3 is 4.90 Å². The molecule has 4 nitrogen and oxygen atoms in total. The Morgan fingerprint density at radius 3 is 2.23 bits per heavy atom. The minimum absolute atomic E-state index is 0.0114. The quantitative estimate of drug-likeness (QED) is 0.426. The number of nitrogens with one attached hydrogen (secondary N) is 2. The topological polar surface area (TPSA) is 45.9 Å². The standard InChI is InChI=1S/C22H23N3O/c26-22(16-25-12-6-1-7-13-25)24-23-15-21-19-10-4-2-8-17(19)14-18-9-3-5-11-20(18)21/h2-5,8-11,14-15H,1,6-7,12-13,16H2,(H,24,26)/p+1/b23-15-. The lowest BCUT2D eigenvalue weighted by Crippen LogP contribution is -3.13. The number of carbonyl (C=O) groups is 1. The van der Waals surface area contributed by atoms with E-state index in [2.05, 4.69) is 40.9 Å². The van der Waals surface area contributed by atoms with Gasteiger partial charge in [-0.25, -0.2) is 5.43 Å². The lowest BCUT2D eigenvalue weighted by molar-refractivity contribution is -0.896. The van der Waals surface area contributed by atoms with E-state index in [-0.39, 0.29) is 5.91 Å². The molecule has 0 aromatic heterocycles. The first-order valence-electron chi connectivity index (χ1n) is 9.37. The van der Waals surface area contributed by atoms with Crippen molar-refractivity contribution < 1.29 is 9.69 Å². The summed E-state index contributed by atoms with van der Waals surface area (Å²) in [7, 11) is 0. The zero-order chi connectivity index (χ0) is 17.8. The molecule has 1 aliphatic rings. The second-order valence-electron chi connectivity index (χ2n) is 7.01. The van der Waals surface area contributed by atoms with Crippen molar-refractivity contribution in [2.45, 2.75) is 19.3 Å². The molecule has 1 heterocycles. The third-order valence-corrected chi connectivity index (χ3v) is 5.17. The Hall–Kier alpha value is -2.72. The van der Waals surface area contributed by atoms with E-state index in [0.29, 0.717) is 6.54 Å².